The minimum absolute atomic E-state index is 0. The number of fused-ring (bicyclic) bond motifs is 1. The van der Waals surface area contributed by atoms with Crippen molar-refractivity contribution in [2.24, 2.45) is 0 Å². The van der Waals surface area contributed by atoms with Crippen LogP contribution < -0.4 is 4.74 Å². The molecule has 0 fully saturated rings. The molecule has 0 aliphatic carbocycles. The Kier molecular flexibility index (Phi) is 7.54. The fraction of sp³-hybridized carbons (Fsp3) is 0.125. The van der Waals surface area contributed by atoms with Crippen molar-refractivity contribution < 1.29 is 14.6 Å². The summed E-state index contributed by atoms with van der Waals surface area (Å²) in [6.07, 6.45) is 0. The molecule has 0 atom stereocenters. The second kappa shape index (κ2) is 10.6. The van der Waals surface area contributed by atoms with Gasteiger partial charge in [0.25, 0.3) is 6.01 Å². The predicted molar refractivity (Wildman–Crippen MR) is 129 cm³/mol. The molecule has 0 aliphatic rings. The van der Waals surface area contributed by atoms with Crippen molar-refractivity contribution in [3.05, 3.63) is 77.9 Å². The first-order chi connectivity index (χ1) is 16.2. The zero-order valence-corrected chi connectivity index (χ0v) is 17.8. The molecular formula is C24H21KN6O3. The first-order valence-corrected chi connectivity index (χ1v) is 10.4. The third-order valence-corrected chi connectivity index (χ3v) is 5.37. The molecule has 0 bridgehead atoms. The SMILES string of the molecule is CCOc1nc2cccc(C(=O)O)c2n1Cc1ccc(-c2ccccc2-c2nnn[nH]2)cc1.[KH]. The molecule has 9 nitrogen and oxygen atoms in total. The van der Waals surface area contributed by atoms with Gasteiger partial charge in [-0.15, -0.1) is 5.10 Å². The first kappa shape index (κ1) is 24.2. The normalized spacial score (nSPS) is 10.7. The third-order valence-electron chi connectivity index (χ3n) is 5.37. The number of aromatic amines is 1. The molecule has 2 N–H and O–H groups in total. The van der Waals surface area contributed by atoms with Crippen LogP contribution in [0.25, 0.3) is 33.5 Å². The van der Waals surface area contributed by atoms with Crippen LogP contribution in [0.4, 0.5) is 0 Å². The van der Waals surface area contributed by atoms with Gasteiger partial charge in [-0.05, 0) is 46.2 Å². The van der Waals surface area contributed by atoms with E-state index < -0.39 is 5.97 Å². The summed E-state index contributed by atoms with van der Waals surface area (Å²) in [5.74, 6) is -0.402. The third kappa shape index (κ3) is 4.68. The van der Waals surface area contributed by atoms with E-state index in [1.54, 1.807) is 18.2 Å². The van der Waals surface area contributed by atoms with Gasteiger partial charge in [0.1, 0.15) is 0 Å². The van der Waals surface area contributed by atoms with Gasteiger partial charge in [-0.3, -0.25) is 4.57 Å². The summed E-state index contributed by atoms with van der Waals surface area (Å²) in [5.41, 5.74) is 5.22. The molecule has 2 heterocycles. The summed E-state index contributed by atoms with van der Waals surface area (Å²) in [4.78, 5) is 16.3. The second-order valence-electron chi connectivity index (χ2n) is 7.38. The van der Waals surface area contributed by atoms with Crippen LogP contribution in [-0.2, 0) is 6.54 Å². The topological polar surface area (TPSA) is 119 Å². The number of aromatic carboxylic acids is 1. The molecule has 166 valence electrons. The maximum absolute atomic E-state index is 11.8. The van der Waals surface area contributed by atoms with E-state index in [1.807, 2.05) is 60.0 Å². The van der Waals surface area contributed by atoms with E-state index in [4.69, 9.17) is 4.74 Å². The Morgan fingerprint density at radius 1 is 1.03 bits per heavy atom. The minimum atomic E-state index is -1.00. The van der Waals surface area contributed by atoms with Gasteiger partial charge < -0.3 is 9.84 Å². The molecule has 0 spiro atoms. The number of hydrogen-bond acceptors (Lipinski definition) is 6. The van der Waals surface area contributed by atoms with Crippen molar-refractivity contribution >= 4 is 68.4 Å². The van der Waals surface area contributed by atoms with Gasteiger partial charge in [0, 0.05) is 5.56 Å². The van der Waals surface area contributed by atoms with Gasteiger partial charge in [-0.2, -0.15) is 4.98 Å². The Bertz CT molecular complexity index is 1430. The molecule has 0 saturated heterocycles. The van der Waals surface area contributed by atoms with Gasteiger partial charge >= 0.3 is 57.4 Å². The number of benzene rings is 3. The molecule has 5 rings (SSSR count). The van der Waals surface area contributed by atoms with Crippen molar-refractivity contribution in [1.29, 1.82) is 0 Å². The zero-order valence-electron chi connectivity index (χ0n) is 17.8. The number of para-hydroxylation sites is 1. The summed E-state index contributed by atoms with van der Waals surface area (Å²) < 4.78 is 7.53. The Morgan fingerprint density at radius 2 is 1.79 bits per heavy atom. The fourth-order valence-corrected chi connectivity index (χ4v) is 3.91. The quantitative estimate of drug-likeness (QED) is 0.343. The Balaban J connectivity index is 0.00000274. The van der Waals surface area contributed by atoms with Gasteiger partial charge in [-0.25, -0.2) is 9.89 Å². The number of hydrogen-bond donors (Lipinski definition) is 2. The summed E-state index contributed by atoms with van der Waals surface area (Å²) >= 11 is 0. The van der Waals surface area contributed by atoms with Crippen LogP contribution in [-0.4, -0.2) is 99.2 Å². The number of nitrogens with one attached hydrogen (secondary N) is 1. The van der Waals surface area contributed by atoms with E-state index in [0.29, 0.717) is 36.0 Å². The van der Waals surface area contributed by atoms with Crippen LogP contribution in [0.15, 0.2) is 66.7 Å². The maximum atomic E-state index is 11.8. The summed E-state index contributed by atoms with van der Waals surface area (Å²) in [6, 6.07) is 21.4. The number of carboxylic acids is 1. The number of tetrazole rings is 1. The van der Waals surface area contributed by atoms with Crippen molar-refractivity contribution in [2.45, 2.75) is 13.5 Å². The molecule has 10 heteroatoms. The molecule has 0 unspecified atom stereocenters. The van der Waals surface area contributed by atoms with Gasteiger partial charge in [0.15, 0.2) is 5.82 Å². The summed E-state index contributed by atoms with van der Waals surface area (Å²) in [5, 5.41) is 23.9. The molecule has 0 amide bonds. The molecule has 3 aromatic carbocycles. The zero-order chi connectivity index (χ0) is 22.8. The average Bonchev–Trinajstić information content (AvgIpc) is 3.49. The van der Waals surface area contributed by atoms with Gasteiger partial charge in [0.2, 0.25) is 0 Å². The van der Waals surface area contributed by atoms with E-state index in [9.17, 15) is 9.90 Å². The van der Waals surface area contributed by atoms with Crippen LogP contribution in [0.3, 0.4) is 0 Å². The molecular weight excluding hydrogens is 459 g/mol. The van der Waals surface area contributed by atoms with Crippen molar-refractivity contribution in [3.8, 4) is 28.5 Å². The number of aromatic nitrogens is 6. The van der Waals surface area contributed by atoms with E-state index >= 15 is 0 Å². The predicted octanol–water partition coefficient (Wildman–Crippen LogP) is 3.38. The van der Waals surface area contributed by atoms with Crippen molar-refractivity contribution in [3.63, 3.8) is 0 Å². The number of nitrogens with zero attached hydrogens (tertiary/aromatic N) is 5. The van der Waals surface area contributed by atoms with Crippen LogP contribution in [0.1, 0.15) is 22.8 Å². The van der Waals surface area contributed by atoms with Crippen molar-refractivity contribution in [1.82, 2.24) is 30.2 Å². The van der Waals surface area contributed by atoms with Gasteiger partial charge in [0.05, 0.1) is 29.7 Å². The van der Waals surface area contributed by atoms with Crippen LogP contribution in [0.2, 0.25) is 0 Å². The summed E-state index contributed by atoms with van der Waals surface area (Å²) in [6.45, 7) is 2.72. The Labute approximate surface area is 237 Å². The number of carboxylic acid groups (broad SMARTS) is 1. The monoisotopic (exact) mass is 480 g/mol. The first-order valence-electron chi connectivity index (χ1n) is 10.4. The molecule has 0 saturated carbocycles. The van der Waals surface area contributed by atoms with Crippen LogP contribution >= 0.6 is 0 Å². The van der Waals surface area contributed by atoms with Gasteiger partial charge in [-0.1, -0.05) is 54.6 Å². The average molecular weight is 481 g/mol. The Hall–Kier alpha value is -2.89. The number of imidazole rings is 1. The second-order valence-corrected chi connectivity index (χ2v) is 7.38. The Morgan fingerprint density at radius 3 is 2.47 bits per heavy atom. The van der Waals surface area contributed by atoms with E-state index in [1.165, 1.54) is 0 Å². The van der Waals surface area contributed by atoms with Crippen molar-refractivity contribution in [2.75, 3.05) is 6.61 Å². The molecule has 2 aromatic heterocycles. The van der Waals surface area contributed by atoms with E-state index in [2.05, 4.69) is 25.6 Å². The van der Waals surface area contributed by atoms with E-state index in [0.717, 1.165) is 22.3 Å². The number of carbonyl (C=O) groups is 1. The molecule has 34 heavy (non-hydrogen) atoms. The molecule has 5 aromatic rings. The standard InChI is InChI=1S/C24H20N6O3.K.H/c1-2-33-24-25-20-9-5-8-19(23(31)32)21(20)30(24)14-15-10-12-16(13-11-15)17-6-3-4-7-18(17)22-26-28-29-27-22;;/h3-13H,2,14H2,1H3,(H,31,32)(H,26,27,28,29);;. The molecule has 0 aliphatic heterocycles. The summed E-state index contributed by atoms with van der Waals surface area (Å²) in [7, 11) is 0. The number of rotatable bonds is 7. The number of ether oxygens (including phenoxy) is 1. The van der Waals surface area contributed by atoms with Crippen LogP contribution in [0, 0.1) is 0 Å². The molecule has 0 radical (unpaired) electrons. The number of H-pyrrole nitrogens is 1. The fourth-order valence-electron chi connectivity index (χ4n) is 3.91. The van der Waals surface area contributed by atoms with Crippen LogP contribution in [0.5, 0.6) is 6.01 Å². The van der Waals surface area contributed by atoms with E-state index in [-0.39, 0.29) is 56.9 Å².